The van der Waals surface area contributed by atoms with E-state index in [4.69, 9.17) is 11.6 Å². The Morgan fingerprint density at radius 3 is 2.77 bits per heavy atom. The molecule has 118 valence electrons. The maximum absolute atomic E-state index is 12.1. The van der Waals surface area contributed by atoms with Crippen LogP contribution in [0.4, 0.5) is 5.69 Å². The first kappa shape index (κ1) is 17.3. The van der Waals surface area contributed by atoms with Crippen LogP contribution in [0, 0.1) is 0 Å². The first-order valence-electron chi connectivity index (χ1n) is 6.94. The highest BCUT2D eigenvalue weighted by Gasteiger charge is 2.09. The number of hydrogen-bond acceptors (Lipinski definition) is 4. The Kier molecular flexibility index (Phi) is 6.76. The molecule has 0 saturated carbocycles. The van der Waals surface area contributed by atoms with Gasteiger partial charge in [-0.1, -0.05) is 23.7 Å². The Morgan fingerprint density at radius 2 is 2.09 bits per heavy atom. The van der Waals surface area contributed by atoms with Crippen molar-refractivity contribution in [3.05, 3.63) is 45.6 Å². The van der Waals surface area contributed by atoms with E-state index in [2.05, 4.69) is 10.2 Å². The van der Waals surface area contributed by atoms with Gasteiger partial charge in [0.15, 0.2) is 0 Å². The van der Waals surface area contributed by atoms with E-state index in [1.807, 2.05) is 49.7 Å². The van der Waals surface area contributed by atoms with E-state index in [0.29, 0.717) is 13.0 Å². The third-order valence-corrected chi connectivity index (χ3v) is 5.17. The Balaban J connectivity index is 1.79. The van der Waals surface area contributed by atoms with Gasteiger partial charge in [-0.25, -0.2) is 0 Å². The summed E-state index contributed by atoms with van der Waals surface area (Å²) in [4.78, 5) is 16.5. The summed E-state index contributed by atoms with van der Waals surface area (Å²) in [5.74, 6) is 0.0394. The molecule has 0 radical (unpaired) electrons. The smallest absolute Gasteiger partial charge is 0.225 e. The van der Waals surface area contributed by atoms with Crippen LogP contribution in [0.1, 0.15) is 11.3 Å². The number of benzene rings is 1. The van der Waals surface area contributed by atoms with Crippen molar-refractivity contribution in [3.8, 4) is 0 Å². The number of carbonyl (C=O) groups is 1. The van der Waals surface area contributed by atoms with Crippen molar-refractivity contribution < 1.29 is 4.79 Å². The number of para-hydroxylation sites is 1. The topological polar surface area (TPSA) is 32.3 Å². The third kappa shape index (κ3) is 5.32. The van der Waals surface area contributed by atoms with Crippen molar-refractivity contribution in [2.75, 3.05) is 25.2 Å². The van der Waals surface area contributed by atoms with Crippen molar-refractivity contribution in [2.24, 2.45) is 0 Å². The fourth-order valence-corrected chi connectivity index (χ4v) is 3.76. The normalized spacial score (nSPS) is 10.9. The summed E-state index contributed by atoms with van der Waals surface area (Å²) in [6.45, 7) is 1.52. The average molecular weight is 355 g/mol. The highest BCUT2D eigenvalue weighted by Crippen LogP contribution is 2.25. The van der Waals surface area contributed by atoms with Crippen molar-refractivity contribution >= 4 is 46.3 Å². The molecule has 0 aliphatic heterocycles. The fourth-order valence-electron chi connectivity index (χ4n) is 2.03. The van der Waals surface area contributed by atoms with E-state index in [1.165, 1.54) is 4.88 Å². The van der Waals surface area contributed by atoms with Crippen molar-refractivity contribution in [1.29, 1.82) is 0 Å². The molecule has 0 saturated heterocycles. The molecule has 22 heavy (non-hydrogen) atoms. The molecule has 0 fully saturated rings. The lowest BCUT2D eigenvalue weighted by molar-refractivity contribution is -0.116. The van der Waals surface area contributed by atoms with Crippen molar-refractivity contribution in [2.45, 2.75) is 17.9 Å². The molecular formula is C16H19ClN2OS2. The number of thiophene rings is 1. The lowest BCUT2D eigenvalue weighted by atomic mass is 10.3. The van der Waals surface area contributed by atoms with Gasteiger partial charge in [0.25, 0.3) is 0 Å². The van der Waals surface area contributed by atoms with E-state index < -0.39 is 0 Å². The van der Waals surface area contributed by atoms with Gasteiger partial charge in [-0.2, -0.15) is 0 Å². The van der Waals surface area contributed by atoms with Crippen LogP contribution in [0.15, 0.2) is 41.3 Å². The predicted octanol–water partition coefficient (Wildman–Crippen LogP) is 4.58. The second-order valence-corrected chi connectivity index (χ2v) is 7.59. The van der Waals surface area contributed by atoms with Gasteiger partial charge in [-0.3, -0.25) is 4.79 Å². The lowest BCUT2D eigenvalue weighted by Gasteiger charge is -2.15. The van der Waals surface area contributed by atoms with Crippen LogP contribution in [0.25, 0.3) is 0 Å². The summed E-state index contributed by atoms with van der Waals surface area (Å²) < 4.78 is 0.801. The monoisotopic (exact) mass is 354 g/mol. The zero-order valence-corrected chi connectivity index (χ0v) is 15.0. The van der Waals surface area contributed by atoms with E-state index in [1.54, 1.807) is 23.1 Å². The van der Waals surface area contributed by atoms with E-state index in [0.717, 1.165) is 21.5 Å². The highest BCUT2D eigenvalue weighted by atomic mass is 35.5. The number of nitrogens with one attached hydrogen (secondary N) is 1. The van der Waals surface area contributed by atoms with E-state index in [9.17, 15) is 4.79 Å². The molecule has 3 nitrogen and oxygen atoms in total. The standard InChI is InChI=1S/C16H19ClN2OS2/c1-19(11-12-7-8-15(17)22-12)10-9-16(20)18-13-5-3-4-6-14(13)21-2/h3-8H,9-11H2,1-2H3,(H,18,20). The lowest BCUT2D eigenvalue weighted by Crippen LogP contribution is -2.23. The minimum Gasteiger partial charge on any atom is -0.325 e. The number of anilines is 1. The average Bonchev–Trinajstić information content (AvgIpc) is 2.91. The number of amides is 1. The second-order valence-electron chi connectivity index (χ2n) is 4.94. The Morgan fingerprint density at radius 1 is 1.32 bits per heavy atom. The quantitative estimate of drug-likeness (QED) is 0.738. The summed E-state index contributed by atoms with van der Waals surface area (Å²) in [5, 5.41) is 2.98. The van der Waals surface area contributed by atoms with Crippen molar-refractivity contribution in [1.82, 2.24) is 4.90 Å². The molecule has 1 aromatic heterocycles. The van der Waals surface area contributed by atoms with Gasteiger partial charge in [0.1, 0.15) is 0 Å². The largest absolute Gasteiger partial charge is 0.325 e. The Bertz CT molecular complexity index is 630. The molecule has 1 heterocycles. The predicted molar refractivity (Wildman–Crippen MR) is 97.1 cm³/mol. The molecule has 0 bridgehead atoms. The molecule has 1 amide bonds. The summed E-state index contributed by atoms with van der Waals surface area (Å²) in [7, 11) is 2.01. The first-order valence-corrected chi connectivity index (χ1v) is 9.36. The molecule has 0 atom stereocenters. The molecule has 0 aliphatic rings. The minimum atomic E-state index is 0.0394. The first-order chi connectivity index (χ1) is 10.6. The number of hydrogen-bond donors (Lipinski definition) is 1. The maximum atomic E-state index is 12.1. The second kappa shape index (κ2) is 8.58. The van der Waals surface area contributed by atoms with Gasteiger partial charge in [-0.15, -0.1) is 23.1 Å². The van der Waals surface area contributed by atoms with E-state index >= 15 is 0 Å². The van der Waals surface area contributed by atoms with Crippen molar-refractivity contribution in [3.63, 3.8) is 0 Å². The summed E-state index contributed by atoms with van der Waals surface area (Å²) >= 11 is 9.13. The zero-order chi connectivity index (χ0) is 15.9. The van der Waals surface area contributed by atoms with E-state index in [-0.39, 0.29) is 5.91 Å². The molecule has 1 aromatic carbocycles. The van der Waals surface area contributed by atoms with Crippen LogP contribution in [0.2, 0.25) is 4.34 Å². The molecular weight excluding hydrogens is 336 g/mol. The van der Waals surface area contributed by atoms with Crippen LogP contribution in [0.3, 0.4) is 0 Å². The molecule has 0 aliphatic carbocycles. The molecule has 0 unspecified atom stereocenters. The molecule has 2 rings (SSSR count). The van der Waals surface area contributed by atoms with Gasteiger partial charge >= 0.3 is 0 Å². The highest BCUT2D eigenvalue weighted by molar-refractivity contribution is 7.98. The number of carbonyl (C=O) groups excluding carboxylic acids is 1. The minimum absolute atomic E-state index is 0.0394. The SMILES string of the molecule is CSc1ccccc1NC(=O)CCN(C)Cc1ccc(Cl)s1. The molecule has 1 N–H and O–H groups in total. The summed E-state index contributed by atoms with van der Waals surface area (Å²) in [6, 6.07) is 11.8. The summed E-state index contributed by atoms with van der Waals surface area (Å²) in [5.41, 5.74) is 0.882. The maximum Gasteiger partial charge on any atom is 0.225 e. The fraction of sp³-hybridized carbons (Fsp3) is 0.312. The van der Waals surface area contributed by atoms with Crippen LogP contribution in [-0.4, -0.2) is 30.7 Å². The van der Waals surface area contributed by atoms with Crippen LogP contribution < -0.4 is 5.32 Å². The van der Waals surface area contributed by atoms with Gasteiger partial charge in [0, 0.05) is 29.3 Å². The third-order valence-electron chi connectivity index (χ3n) is 3.16. The number of rotatable bonds is 7. The Hall–Kier alpha value is -1.01. The van der Waals surface area contributed by atoms with Gasteiger partial charge in [0.05, 0.1) is 10.0 Å². The Labute approximate surface area is 144 Å². The van der Waals surface area contributed by atoms with Gasteiger partial charge in [-0.05, 0) is 37.6 Å². The van der Waals surface area contributed by atoms with Gasteiger partial charge in [0.2, 0.25) is 5.91 Å². The molecule has 0 spiro atoms. The molecule has 2 aromatic rings. The van der Waals surface area contributed by atoms with Crippen LogP contribution >= 0.6 is 34.7 Å². The van der Waals surface area contributed by atoms with Crippen LogP contribution in [0.5, 0.6) is 0 Å². The number of nitrogens with zero attached hydrogens (tertiary/aromatic N) is 1. The zero-order valence-electron chi connectivity index (χ0n) is 12.6. The number of thioether (sulfide) groups is 1. The van der Waals surface area contributed by atoms with Gasteiger partial charge < -0.3 is 10.2 Å². The number of halogens is 1. The van der Waals surface area contributed by atoms with Crippen LogP contribution in [-0.2, 0) is 11.3 Å². The molecule has 6 heteroatoms. The summed E-state index contributed by atoms with van der Waals surface area (Å²) in [6.07, 6.45) is 2.48.